The van der Waals surface area contributed by atoms with Crippen LogP contribution in [-0.2, 0) is 0 Å². The van der Waals surface area contributed by atoms with Crippen LogP contribution in [0.4, 0.5) is 0 Å². The summed E-state index contributed by atoms with van der Waals surface area (Å²) in [7, 11) is 0. The van der Waals surface area contributed by atoms with Gasteiger partial charge in [-0.3, -0.25) is 4.79 Å². The lowest BCUT2D eigenvalue weighted by atomic mass is 10.1. The highest BCUT2D eigenvalue weighted by Gasteiger charge is 2.13. The van der Waals surface area contributed by atoms with Gasteiger partial charge in [-0.1, -0.05) is 6.07 Å². The Balaban J connectivity index is 2.66. The zero-order valence-electron chi connectivity index (χ0n) is 7.72. The van der Waals surface area contributed by atoms with Gasteiger partial charge in [-0.05, 0) is 34.1 Å². The number of benzene rings is 1. The molecule has 0 radical (unpaired) electrons. The first-order valence-corrected chi connectivity index (χ1v) is 5.08. The lowest BCUT2D eigenvalue weighted by molar-refractivity contribution is 0.0999. The topological polar surface area (TPSA) is 60.9 Å². The van der Waals surface area contributed by atoms with Gasteiger partial charge in [0.25, 0.3) is 5.91 Å². The molecule has 15 heavy (non-hydrogen) atoms. The second kappa shape index (κ2) is 3.86. The fourth-order valence-electron chi connectivity index (χ4n) is 1.36. The van der Waals surface area contributed by atoms with Gasteiger partial charge >= 0.3 is 0 Å². The van der Waals surface area contributed by atoms with Crippen LogP contribution in [0.15, 0.2) is 41.1 Å². The largest absolute Gasteiger partial charge is 0.365 e. The molecule has 0 saturated heterocycles. The molecule has 1 heterocycles. The van der Waals surface area contributed by atoms with Crippen molar-refractivity contribution in [2.75, 3.05) is 0 Å². The first-order chi connectivity index (χ1) is 7.20. The number of aromatic nitrogens is 2. The maximum atomic E-state index is 11.3. The van der Waals surface area contributed by atoms with Crippen molar-refractivity contribution >= 4 is 21.8 Å². The molecule has 4 nitrogen and oxygen atoms in total. The van der Waals surface area contributed by atoms with E-state index in [1.54, 1.807) is 35.3 Å². The van der Waals surface area contributed by atoms with Crippen LogP contribution in [0.5, 0.6) is 0 Å². The van der Waals surface area contributed by atoms with Crippen molar-refractivity contribution in [3.63, 3.8) is 0 Å². The van der Waals surface area contributed by atoms with Gasteiger partial charge in [0.15, 0.2) is 0 Å². The van der Waals surface area contributed by atoms with Gasteiger partial charge in [0.1, 0.15) is 0 Å². The Morgan fingerprint density at radius 1 is 1.40 bits per heavy atom. The van der Waals surface area contributed by atoms with Gasteiger partial charge in [-0.2, -0.15) is 5.10 Å². The Morgan fingerprint density at radius 2 is 2.20 bits per heavy atom. The molecule has 5 heteroatoms. The molecule has 2 rings (SSSR count). The number of nitrogens with two attached hydrogens (primary N) is 1. The standard InChI is InChI=1S/C10H8BrN3O/c11-7-3-1-4-8(9(7)10(12)15)14-6-2-5-13-14/h1-6H,(H2,12,15). The molecule has 0 fully saturated rings. The number of halogens is 1. The minimum atomic E-state index is -0.479. The molecular formula is C10H8BrN3O. The number of hydrogen-bond donors (Lipinski definition) is 1. The van der Waals surface area contributed by atoms with E-state index in [-0.39, 0.29) is 0 Å². The number of amides is 1. The third kappa shape index (κ3) is 1.78. The van der Waals surface area contributed by atoms with E-state index in [1.807, 2.05) is 6.07 Å². The Bertz CT molecular complexity index is 493. The summed E-state index contributed by atoms with van der Waals surface area (Å²) in [6, 6.07) is 7.17. The van der Waals surface area contributed by atoms with Gasteiger partial charge in [0.05, 0.1) is 11.3 Å². The third-order valence-electron chi connectivity index (χ3n) is 1.99. The summed E-state index contributed by atoms with van der Waals surface area (Å²) in [5, 5.41) is 4.06. The molecule has 0 aliphatic carbocycles. The highest BCUT2D eigenvalue weighted by molar-refractivity contribution is 9.10. The Kier molecular flexibility index (Phi) is 2.55. The average Bonchev–Trinajstić information content (AvgIpc) is 2.69. The van der Waals surface area contributed by atoms with E-state index in [4.69, 9.17) is 5.73 Å². The molecule has 1 aromatic carbocycles. The molecule has 1 amide bonds. The van der Waals surface area contributed by atoms with E-state index < -0.39 is 5.91 Å². The summed E-state index contributed by atoms with van der Waals surface area (Å²) in [6.45, 7) is 0. The van der Waals surface area contributed by atoms with Crippen molar-refractivity contribution in [3.05, 3.63) is 46.7 Å². The Hall–Kier alpha value is -1.62. The third-order valence-corrected chi connectivity index (χ3v) is 2.65. The molecule has 0 unspecified atom stereocenters. The van der Waals surface area contributed by atoms with Crippen LogP contribution in [0.2, 0.25) is 0 Å². The predicted octanol–water partition coefficient (Wildman–Crippen LogP) is 1.73. The van der Waals surface area contributed by atoms with Crippen LogP contribution in [0, 0.1) is 0 Å². The van der Waals surface area contributed by atoms with Crippen LogP contribution in [0.3, 0.4) is 0 Å². The van der Waals surface area contributed by atoms with E-state index in [0.717, 1.165) is 0 Å². The van der Waals surface area contributed by atoms with Gasteiger partial charge in [-0.15, -0.1) is 0 Å². The second-order valence-corrected chi connectivity index (χ2v) is 3.80. The van der Waals surface area contributed by atoms with Crippen LogP contribution in [0.1, 0.15) is 10.4 Å². The number of nitrogens with zero attached hydrogens (tertiary/aromatic N) is 2. The molecule has 2 N–H and O–H groups in total. The number of carbonyl (C=O) groups excluding carboxylic acids is 1. The highest BCUT2D eigenvalue weighted by atomic mass is 79.9. The molecule has 0 atom stereocenters. The van der Waals surface area contributed by atoms with Crippen LogP contribution in [0.25, 0.3) is 5.69 Å². The van der Waals surface area contributed by atoms with Crippen molar-refractivity contribution in [3.8, 4) is 5.69 Å². The van der Waals surface area contributed by atoms with Crippen molar-refractivity contribution in [1.82, 2.24) is 9.78 Å². The SMILES string of the molecule is NC(=O)c1c(Br)cccc1-n1cccn1. The molecule has 2 aromatic rings. The predicted molar refractivity (Wildman–Crippen MR) is 59.8 cm³/mol. The number of primary amides is 1. The summed E-state index contributed by atoms with van der Waals surface area (Å²) in [4.78, 5) is 11.3. The summed E-state index contributed by atoms with van der Waals surface area (Å²) in [5.74, 6) is -0.479. The van der Waals surface area contributed by atoms with E-state index in [9.17, 15) is 4.79 Å². The number of rotatable bonds is 2. The van der Waals surface area contributed by atoms with Gasteiger partial charge in [0.2, 0.25) is 0 Å². The molecule has 0 aliphatic heterocycles. The fraction of sp³-hybridized carbons (Fsp3) is 0. The summed E-state index contributed by atoms with van der Waals surface area (Å²) in [5.41, 5.74) is 6.41. The minimum Gasteiger partial charge on any atom is -0.365 e. The first-order valence-electron chi connectivity index (χ1n) is 4.28. The smallest absolute Gasteiger partial charge is 0.252 e. The van der Waals surface area contributed by atoms with Crippen LogP contribution >= 0.6 is 15.9 Å². The number of hydrogen-bond acceptors (Lipinski definition) is 2. The van der Waals surface area contributed by atoms with E-state index in [0.29, 0.717) is 15.7 Å². The fourth-order valence-corrected chi connectivity index (χ4v) is 1.91. The van der Waals surface area contributed by atoms with Gasteiger partial charge in [0, 0.05) is 16.9 Å². The molecule has 0 spiro atoms. The Labute approximate surface area is 94.8 Å². The minimum absolute atomic E-state index is 0.432. The zero-order valence-corrected chi connectivity index (χ0v) is 9.31. The van der Waals surface area contributed by atoms with E-state index in [1.165, 1.54) is 0 Å². The molecule has 0 aliphatic rings. The zero-order chi connectivity index (χ0) is 10.8. The average molecular weight is 266 g/mol. The van der Waals surface area contributed by atoms with Crippen molar-refractivity contribution in [1.29, 1.82) is 0 Å². The van der Waals surface area contributed by atoms with E-state index >= 15 is 0 Å². The molecular weight excluding hydrogens is 258 g/mol. The lowest BCUT2D eigenvalue weighted by Gasteiger charge is -2.08. The van der Waals surface area contributed by atoms with Gasteiger partial charge < -0.3 is 5.73 Å². The summed E-state index contributed by atoms with van der Waals surface area (Å²) < 4.78 is 2.27. The van der Waals surface area contributed by atoms with Crippen LogP contribution in [-0.4, -0.2) is 15.7 Å². The molecule has 76 valence electrons. The monoisotopic (exact) mass is 265 g/mol. The molecule has 1 aromatic heterocycles. The summed E-state index contributed by atoms with van der Waals surface area (Å²) >= 11 is 3.29. The normalized spacial score (nSPS) is 10.2. The first kappa shape index (κ1) is 9.92. The number of carbonyl (C=O) groups is 1. The maximum Gasteiger partial charge on any atom is 0.252 e. The Morgan fingerprint density at radius 3 is 2.80 bits per heavy atom. The van der Waals surface area contributed by atoms with E-state index in [2.05, 4.69) is 21.0 Å². The maximum absolute atomic E-state index is 11.3. The van der Waals surface area contributed by atoms with Crippen molar-refractivity contribution in [2.24, 2.45) is 5.73 Å². The lowest BCUT2D eigenvalue weighted by Crippen LogP contribution is -2.15. The van der Waals surface area contributed by atoms with Crippen molar-refractivity contribution < 1.29 is 4.79 Å². The second-order valence-electron chi connectivity index (χ2n) is 2.95. The molecule has 0 saturated carbocycles. The van der Waals surface area contributed by atoms with Crippen LogP contribution < -0.4 is 5.73 Å². The van der Waals surface area contributed by atoms with Crippen molar-refractivity contribution in [2.45, 2.75) is 0 Å². The molecule has 0 bridgehead atoms. The van der Waals surface area contributed by atoms with Gasteiger partial charge in [-0.25, -0.2) is 4.68 Å². The summed E-state index contributed by atoms with van der Waals surface area (Å²) in [6.07, 6.45) is 3.40. The highest BCUT2D eigenvalue weighted by Crippen LogP contribution is 2.22. The quantitative estimate of drug-likeness (QED) is 0.899.